The largest absolute Gasteiger partial charge is 0.465 e. The third-order valence-corrected chi connectivity index (χ3v) is 1.44. The highest BCUT2D eigenvalue weighted by molar-refractivity contribution is 6.01. The van der Waals surface area contributed by atoms with Crippen LogP contribution in [0.15, 0.2) is 23.3 Å². The molecule has 0 rings (SSSR count). The van der Waals surface area contributed by atoms with Gasteiger partial charge in [-0.1, -0.05) is 26.0 Å². The van der Waals surface area contributed by atoms with Gasteiger partial charge in [-0.15, -0.1) is 0 Å². The van der Waals surface area contributed by atoms with Crippen LogP contribution in [0, 0.1) is 0 Å². The van der Waals surface area contributed by atoms with E-state index in [1.165, 1.54) is 7.11 Å². The van der Waals surface area contributed by atoms with Gasteiger partial charge in [0.1, 0.15) is 0 Å². The number of carbonyl (C=O) groups is 2. The topological polar surface area (TPSA) is 43.4 Å². The van der Waals surface area contributed by atoms with Gasteiger partial charge in [0.25, 0.3) is 0 Å². The zero-order valence-electron chi connectivity index (χ0n) is 9.46. The number of esters is 1. The van der Waals surface area contributed by atoms with Gasteiger partial charge >= 0.3 is 5.97 Å². The summed E-state index contributed by atoms with van der Waals surface area (Å²) in [6.07, 6.45) is 3.75. The van der Waals surface area contributed by atoms with Crippen LogP contribution in [0.25, 0.3) is 0 Å². The molecule has 0 atom stereocenters. The van der Waals surface area contributed by atoms with E-state index in [1.807, 2.05) is 13.8 Å². The summed E-state index contributed by atoms with van der Waals surface area (Å²) >= 11 is 0. The molecule has 80 valence electrons. The second-order valence-corrected chi connectivity index (χ2v) is 2.06. The van der Waals surface area contributed by atoms with Crippen molar-refractivity contribution in [3.63, 3.8) is 0 Å². The van der Waals surface area contributed by atoms with Gasteiger partial charge in [0.15, 0.2) is 6.29 Å². The zero-order chi connectivity index (χ0) is 11.6. The Kier molecular flexibility index (Phi) is 10.5. The van der Waals surface area contributed by atoms with Gasteiger partial charge < -0.3 is 4.74 Å². The van der Waals surface area contributed by atoms with Gasteiger partial charge in [0.2, 0.25) is 0 Å². The molecule has 0 radical (unpaired) electrons. The van der Waals surface area contributed by atoms with E-state index in [2.05, 4.69) is 4.74 Å². The molecule has 0 N–H and O–H groups in total. The minimum atomic E-state index is -0.488. The fourth-order valence-corrected chi connectivity index (χ4v) is 0.799. The molecular formula is C11H18O3. The van der Waals surface area contributed by atoms with Gasteiger partial charge in [-0.25, -0.2) is 4.79 Å². The monoisotopic (exact) mass is 198 g/mol. The summed E-state index contributed by atoms with van der Waals surface area (Å²) in [6, 6.07) is 0. The highest BCUT2D eigenvalue weighted by Crippen LogP contribution is 2.08. The van der Waals surface area contributed by atoms with Crippen LogP contribution in [-0.2, 0) is 14.3 Å². The molecule has 0 bridgehead atoms. The van der Waals surface area contributed by atoms with Crippen molar-refractivity contribution in [1.82, 2.24) is 0 Å². The average Bonchev–Trinajstić information content (AvgIpc) is 2.27. The molecule has 0 aliphatic carbocycles. The van der Waals surface area contributed by atoms with Crippen molar-refractivity contribution in [3.8, 4) is 0 Å². The lowest BCUT2D eigenvalue weighted by Gasteiger charge is -2.02. The molecule has 0 fully saturated rings. The van der Waals surface area contributed by atoms with Crippen molar-refractivity contribution >= 4 is 12.3 Å². The average molecular weight is 198 g/mol. The van der Waals surface area contributed by atoms with Crippen molar-refractivity contribution in [2.45, 2.75) is 27.7 Å². The SMILES string of the molecule is C/C=C(C=O)\C(=C/C)C(=O)OC.CC. The maximum atomic E-state index is 11.0. The van der Waals surface area contributed by atoms with E-state index >= 15 is 0 Å². The second-order valence-electron chi connectivity index (χ2n) is 2.06. The van der Waals surface area contributed by atoms with Crippen molar-refractivity contribution < 1.29 is 14.3 Å². The summed E-state index contributed by atoms with van der Waals surface area (Å²) in [6.45, 7) is 7.37. The summed E-state index contributed by atoms with van der Waals surface area (Å²) in [5.41, 5.74) is 0.652. The Morgan fingerprint density at radius 3 is 1.86 bits per heavy atom. The lowest BCUT2D eigenvalue weighted by molar-refractivity contribution is -0.136. The third kappa shape index (κ3) is 4.60. The normalized spacial score (nSPS) is 11.2. The Labute approximate surface area is 85.5 Å². The molecule has 0 heterocycles. The van der Waals surface area contributed by atoms with E-state index in [0.717, 1.165) is 0 Å². The van der Waals surface area contributed by atoms with Crippen molar-refractivity contribution in [3.05, 3.63) is 23.3 Å². The number of allylic oxidation sites excluding steroid dienone is 2. The Morgan fingerprint density at radius 1 is 1.14 bits per heavy atom. The molecule has 0 unspecified atom stereocenters. The standard InChI is InChI=1S/C9H12O3.C2H6/c1-4-7(6-10)8(5-2)9(11)12-3;1-2/h4-6H,1-3H3;1-2H3/b7-4-,8-5+;. The molecule has 0 saturated carbocycles. The fraction of sp³-hybridized carbons (Fsp3) is 0.455. The first-order valence-electron chi connectivity index (χ1n) is 4.57. The predicted octanol–water partition coefficient (Wildman–Crippen LogP) is 2.28. The quantitative estimate of drug-likeness (QED) is 0.302. The van der Waals surface area contributed by atoms with Crippen molar-refractivity contribution in [1.29, 1.82) is 0 Å². The van der Waals surface area contributed by atoms with E-state index in [-0.39, 0.29) is 0 Å². The molecule has 3 heteroatoms. The van der Waals surface area contributed by atoms with Crippen molar-refractivity contribution in [2.75, 3.05) is 7.11 Å². The Hall–Kier alpha value is -1.38. The first-order chi connectivity index (χ1) is 6.71. The van der Waals surface area contributed by atoms with E-state index in [1.54, 1.807) is 26.0 Å². The van der Waals surface area contributed by atoms with Crippen LogP contribution >= 0.6 is 0 Å². The molecule has 0 saturated heterocycles. The summed E-state index contributed by atoms with van der Waals surface area (Å²) in [7, 11) is 1.28. The highest BCUT2D eigenvalue weighted by atomic mass is 16.5. The number of ether oxygens (including phenoxy) is 1. The molecule has 0 spiro atoms. The number of hydrogen-bond donors (Lipinski definition) is 0. The van der Waals surface area contributed by atoms with Crippen LogP contribution in [0.3, 0.4) is 0 Å². The summed E-state index contributed by atoms with van der Waals surface area (Å²) < 4.78 is 4.48. The number of hydrogen-bond acceptors (Lipinski definition) is 3. The first kappa shape index (κ1) is 15.1. The van der Waals surface area contributed by atoms with Gasteiger partial charge in [-0.3, -0.25) is 4.79 Å². The fourth-order valence-electron chi connectivity index (χ4n) is 0.799. The second kappa shape index (κ2) is 9.71. The molecule has 0 aliphatic rings. The Bertz CT molecular complexity index is 237. The molecule has 0 aromatic rings. The number of aldehydes is 1. The lowest BCUT2D eigenvalue weighted by atomic mass is 10.1. The van der Waals surface area contributed by atoms with E-state index < -0.39 is 5.97 Å². The maximum Gasteiger partial charge on any atom is 0.338 e. The van der Waals surface area contributed by atoms with Gasteiger partial charge in [0.05, 0.1) is 12.7 Å². The Balaban J connectivity index is 0. The van der Waals surface area contributed by atoms with Crippen LogP contribution in [0.2, 0.25) is 0 Å². The van der Waals surface area contributed by atoms with Crippen molar-refractivity contribution in [2.24, 2.45) is 0 Å². The molecule has 3 nitrogen and oxygen atoms in total. The van der Waals surface area contributed by atoms with Gasteiger partial charge in [-0.2, -0.15) is 0 Å². The molecule has 0 aliphatic heterocycles. The van der Waals surface area contributed by atoms with E-state index in [0.29, 0.717) is 17.4 Å². The van der Waals surface area contributed by atoms with Crippen LogP contribution in [0.5, 0.6) is 0 Å². The summed E-state index contributed by atoms with van der Waals surface area (Å²) in [5, 5.41) is 0. The van der Waals surface area contributed by atoms with Crippen LogP contribution in [0.4, 0.5) is 0 Å². The van der Waals surface area contributed by atoms with E-state index in [4.69, 9.17) is 0 Å². The number of methoxy groups -OCH3 is 1. The third-order valence-electron chi connectivity index (χ3n) is 1.44. The molecule has 0 aromatic carbocycles. The smallest absolute Gasteiger partial charge is 0.338 e. The number of carbonyl (C=O) groups excluding carboxylic acids is 2. The molecule has 0 amide bonds. The molecular weight excluding hydrogens is 180 g/mol. The van der Waals surface area contributed by atoms with E-state index in [9.17, 15) is 9.59 Å². The molecule has 0 aromatic heterocycles. The maximum absolute atomic E-state index is 11.0. The minimum absolute atomic E-state index is 0.301. The zero-order valence-corrected chi connectivity index (χ0v) is 9.46. The molecule has 14 heavy (non-hydrogen) atoms. The number of rotatable bonds is 3. The van der Waals surface area contributed by atoms with Crippen LogP contribution in [-0.4, -0.2) is 19.4 Å². The van der Waals surface area contributed by atoms with Gasteiger partial charge in [-0.05, 0) is 13.8 Å². The highest BCUT2D eigenvalue weighted by Gasteiger charge is 2.11. The van der Waals surface area contributed by atoms with Gasteiger partial charge in [0, 0.05) is 5.57 Å². The van der Waals surface area contributed by atoms with Crippen LogP contribution in [0.1, 0.15) is 27.7 Å². The Morgan fingerprint density at radius 2 is 1.64 bits per heavy atom. The summed E-state index contributed by atoms with van der Waals surface area (Å²) in [4.78, 5) is 21.5. The minimum Gasteiger partial charge on any atom is -0.465 e. The lowest BCUT2D eigenvalue weighted by Crippen LogP contribution is -2.07. The first-order valence-corrected chi connectivity index (χ1v) is 4.57. The van der Waals surface area contributed by atoms with Crippen LogP contribution < -0.4 is 0 Å². The summed E-state index contributed by atoms with van der Waals surface area (Å²) in [5.74, 6) is -0.488. The predicted molar refractivity (Wildman–Crippen MR) is 56.9 cm³/mol.